The zero-order valence-electron chi connectivity index (χ0n) is 10.3. The molecular weight excluding hydrogens is 250 g/mol. The maximum Gasteiger partial charge on any atom is 0.341 e. The maximum absolute atomic E-state index is 11.5. The van der Waals surface area contributed by atoms with Crippen molar-refractivity contribution in [3.8, 4) is 11.5 Å². The van der Waals surface area contributed by atoms with Gasteiger partial charge in [0.1, 0.15) is 22.6 Å². The molecule has 0 heterocycles. The summed E-state index contributed by atoms with van der Waals surface area (Å²) in [5.74, 6) is -1.30. The molecule has 0 aromatic heterocycles. The molecule has 19 heavy (non-hydrogen) atoms. The first kappa shape index (κ1) is 13.1. The Kier molecular flexibility index (Phi) is 3.27. The number of carbonyl (C=O) groups excluding carboxylic acids is 2. The Bertz CT molecular complexity index is 571. The highest BCUT2D eigenvalue weighted by Gasteiger charge is 2.41. The smallest absolute Gasteiger partial charge is 0.341 e. The Morgan fingerprint density at radius 3 is 2.53 bits per heavy atom. The van der Waals surface area contributed by atoms with E-state index in [4.69, 9.17) is 0 Å². The molecule has 2 rings (SSSR count). The van der Waals surface area contributed by atoms with Gasteiger partial charge in [0.15, 0.2) is 0 Å². The molecule has 100 valence electrons. The number of ether oxygens (including phenoxy) is 1. The van der Waals surface area contributed by atoms with Crippen LogP contribution in [0.2, 0.25) is 0 Å². The van der Waals surface area contributed by atoms with Crippen molar-refractivity contribution in [3.63, 3.8) is 0 Å². The number of hydrogen-bond acceptors (Lipinski definition) is 6. The van der Waals surface area contributed by atoms with Crippen LogP contribution in [0.1, 0.15) is 35.2 Å². The van der Waals surface area contributed by atoms with E-state index in [1.165, 1.54) is 19.3 Å². The fourth-order valence-electron chi connectivity index (χ4n) is 2.26. The summed E-state index contributed by atoms with van der Waals surface area (Å²) in [4.78, 5) is 25.8. The lowest BCUT2D eigenvalue weighted by Crippen LogP contribution is -2.32. The largest absolute Gasteiger partial charge is 0.507 e. The minimum absolute atomic E-state index is 0.0670. The van der Waals surface area contributed by atoms with E-state index < -0.39 is 11.5 Å². The molecule has 0 spiro atoms. The molecule has 1 saturated carbocycles. The first-order valence-electron chi connectivity index (χ1n) is 5.78. The van der Waals surface area contributed by atoms with E-state index in [1.807, 2.05) is 0 Å². The van der Waals surface area contributed by atoms with E-state index >= 15 is 0 Å². The second kappa shape index (κ2) is 4.74. The minimum Gasteiger partial charge on any atom is -0.507 e. The number of isocyanates is 1. The van der Waals surface area contributed by atoms with Crippen LogP contribution in [-0.2, 0) is 15.1 Å². The number of methoxy groups -OCH3 is 1. The highest BCUT2D eigenvalue weighted by atomic mass is 16.5. The number of phenolic OH excluding ortho intramolecular Hbond substituents is 2. The Morgan fingerprint density at radius 2 is 2.05 bits per heavy atom. The number of rotatable bonds is 3. The Balaban J connectivity index is 2.57. The normalized spacial score (nSPS) is 16.1. The molecular formula is C13H13NO5. The zero-order valence-corrected chi connectivity index (χ0v) is 10.3. The lowest BCUT2D eigenvalue weighted by molar-refractivity contribution is 0.0597. The summed E-state index contributed by atoms with van der Waals surface area (Å²) in [6.07, 6.45) is 3.53. The molecule has 1 fully saturated rings. The van der Waals surface area contributed by atoms with Crippen LogP contribution in [-0.4, -0.2) is 29.4 Å². The second-order valence-corrected chi connectivity index (χ2v) is 4.47. The average molecular weight is 263 g/mol. The lowest BCUT2D eigenvalue weighted by atomic mass is 9.71. The lowest BCUT2D eigenvalue weighted by Gasteiger charge is -2.37. The van der Waals surface area contributed by atoms with Crippen LogP contribution in [0.5, 0.6) is 11.5 Å². The highest BCUT2D eigenvalue weighted by molar-refractivity contribution is 5.93. The molecule has 0 radical (unpaired) electrons. The maximum atomic E-state index is 11.5. The summed E-state index contributed by atoms with van der Waals surface area (Å²) < 4.78 is 4.55. The molecule has 0 aliphatic heterocycles. The van der Waals surface area contributed by atoms with Gasteiger partial charge < -0.3 is 14.9 Å². The van der Waals surface area contributed by atoms with E-state index in [2.05, 4.69) is 9.73 Å². The van der Waals surface area contributed by atoms with Crippen molar-refractivity contribution in [2.75, 3.05) is 7.11 Å². The number of nitrogens with zero attached hydrogens (tertiary/aromatic N) is 1. The molecule has 2 N–H and O–H groups in total. The summed E-state index contributed by atoms with van der Waals surface area (Å²) in [5, 5.41) is 19.5. The number of benzene rings is 1. The van der Waals surface area contributed by atoms with Crippen molar-refractivity contribution in [1.82, 2.24) is 0 Å². The van der Waals surface area contributed by atoms with Gasteiger partial charge in [-0.25, -0.2) is 9.59 Å². The van der Waals surface area contributed by atoms with Crippen LogP contribution < -0.4 is 0 Å². The SMILES string of the molecule is COC(=O)c1cc(C2(N=C=O)CCC2)c(O)cc1O. The highest BCUT2D eigenvalue weighted by Crippen LogP contribution is 2.49. The van der Waals surface area contributed by atoms with Gasteiger partial charge in [-0.3, -0.25) is 0 Å². The van der Waals surface area contributed by atoms with Crippen LogP contribution in [0, 0.1) is 0 Å². The minimum atomic E-state index is -0.845. The second-order valence-electron chi connectivity index (χ2n) is 4.47. The van der Waals surface area contributed by atoms with Crippen LogP contribution in [0.4, 0.5) is 0 Å². The zero-order chi connectivity index (χ0) is 14.0. The Hall–Kier alpha value is -2.33. The molecule has 1 aliphatic rings. The van der Waals surface area contributed by atoms with Crippen molar-refractivity contribution >= 4 is 12.0 Å². The molecule has 6 heteroatoms. The van der Waals surface area contributed by atoms with Crippen molar-refractivity contribution < 1.29 is 24.5 Å². The molecule has 1 aliphatic carbocycles. The van der Waals surface area contributed by atoms with Crippen molar-refractivity contribution in [2.45, 2.75) is 24.8 Å². The van der Waals surface area contributed by atoms with E-state index in [9.17, 15) is 19.8 Å². The van der Waals surface area contributed by atoms with E-state index in [-0.39, 0.29) is 17.1 Å². The first-order chi connectivity index (χ1) is 9.04. The number of aliphatic imine (C=N–C) groups is 1. The number of esters is 1. The Labute approximate surface area is 109 Å². The monoisotopic (exact) mass is 263 g/mol. The van der Waals surface area contributed by atoms with Gasteiger partial charge in [-0.05, 0) is 25.3 Å². The first-order valence-corrected chi connectivity index (χ1v) is 5.78. The summed E-state index contributed by atoms with van der Waals surface area (Å²) in [6.45, 7) is 0. The van der Waals surface area contributed by atoms with Crippen molar-refractivity contribution in [1.29, 1.82) is 0 Å². The summed E-state index contributed by atoms with van der Waals surface area (Å²) in [5.41, 5.74) is -0.578. The number of hydrogen-bond donors (Lipinski definition) is 2. The van der Waals surface area contributed by atoms with Gasteiger partial charge in [0.2, 0.25) is 6.08 Å². The molecule has 0 unspecified atom stereocenters. The molecule has 0 bridgehead atoms. The molecule has 0 atom stereocenters. The van der Waals surface area contributed by atoms with Crippen LogP contribution >= 0.6 is 0 Å². The summed E-state index contributed by atoms with van der Waals surface area (Å²) in [7, 11) is 1.19. The molecule has 1 aromatic carbocycles. The number of carbonyl (C=O) groups is 1. The molecule has 0 amide bonds. The topological polar surface area (TPSA) is 96.2 Å². The Morgan fingerprint density at radius 1 is 1.37 bits per heavy atom. The van der Waals surface area contributed by atoms with Crippen LogP contribution in [0.3, 0.4) is 0 Å². The average Bonchev–Trinajstić information content (AvgIpc) is 2.34. The fraction of sp³-hybridized carbons (Fsp3) is 0.385. The van der Waals surface area contributed by atoms with Crippen molar-refractivity contribution in [2.24, 2.45) is 4.99 Å². The van der Waals surface area contributed by atoms with Gasteiger partial charge in [-0.1, -0.05) is 0 Å². The molecule has 0 saturated heterocycles. The number of phenols is 2. The van der Waals surface area contributed by atoms with Gasteiger partial charge in [0.25, 0.3) is 0 Å². The van der Waals surface area contributed by atoms with Gasteiger partial charge in [0, 0.05) is 11.6 Å². The van der Waals surface area contributed by atoms with E-state index in [0.29, 0.717) is 18.4 Å². The van der Waals surface area contributed by atoms with Crippen LogP contribution in [0.15, 0.2) is 17.1 Å². The van der Waals surface area contributed by atoms with Crippen molar-refractivity contribution in [3.05, 3.63) is 23.3 Å². The third-order valence-corrected chi connectivity index (χ3v) is 3.46. The summed E-state index contributed by atoms with van der Waals surface area (Å²) in [6, 6.07) is 2.37. The van der Waals surface area contributed by atoms with Crippen LogP contribution in [0.25, 0.3) is 0 Å². The number of aromatic hydroxyl groups is 2. The molecule has 6 nitrogen and oxygen atoms in total. The predicted molar refractivity (Wildman–Crippen MR) is 64.8 cm³/mol. The van der Waals surface area contributed by atoms with Gasteiger partial charge in [-0.2, -0.15) is 4.99 Å². The van der Waals surface area contributed by atoms with E-state index in [1.54, 1.807) is 0 Å². The van der Waals surface area contributed by atoms with Gasteiger partial charge >= 0.3 is 5.97 Å². The predicted octanol–water partition coefficient (Wildman–Crippen LogP) is 1.60. The molecule has 1 aromatic rings. The third-order valence-electron chi connectivity index (χ3n) is 3.46. The van der Waals surface area contributed by atoms with Gasteiger partial charge in [-0.15, -0.1) is 0 Å². The standard InChI is InChI=1S/C13H13NO5/c1-19-12(18)8-5-9(11(17)6-10(8)16)13(14-7-15)3-2-4-13/h5-6,16-17H,2-4H2,1H3. The van der Waals surface area contributed by atoms with E-state index in [0.717, 1.165) is 12.5 Å². The summed E-state index contributed by atoms with van der Waals surface area (Å²) >= 11 is 0. The third kappa shape index (κ3) is 2.06. The fourth-order valence-corrected chi connectivity index (χ4v) is 2.26. The quantitative estimate of drug-likeness (QED) is 0.490. The van der Waals surface area contributed by atoms with Gasteiger partial charge in [0.05, 0.1) is 7.11 Å².